The lowest BCUT2D eigenvalue weighted by molar-refractivity contribution is -0.373. The van der Waals surface area contributed by atoms with Gasteiger partial charge in [-0.05, 0) is 12.8 Å². The third-order valence-corrected chi connectivity index (χ3v) is 7.39. The standard InChI is InChI=1S/C22H38O16/c23-3-9-13(27)14(28)17(31)21(35-9)38-20-11(5-25)36-22(18(32)16(20)30)37-19-10(4-24)34-8(12(26)15(19)29)2-1-7-6-33-7/h7-32H,1-6H2/t7?,8-,9+,10+,11+,12-,13-,14-,15+,16+,17+,18+,19+,20+,21-,22-/m0/s1. The average Bonchev–Trinajstić information content (AvgIpc) is 3.74. The molecule has 0 spiro atoms. The molecule has 4 saturated heterocycles. The normalized spacial score (nSPS) is 51.6. The lowest BCUT2D eigenvalue weighted by Gasteiger charge is -2.48. The van der Waals surface area contributed by atoms with Crippen LogP contribution in [0.3, 0.4) is 0 Å². The summed E-state index contributed by atoms with van der Waals surface area (Å²) in [5.41, 5.74) is 0. The first-order valence-electron chi connectivity index (χ1n) is 12.6. The van der Waals surface area contributed by atoms with Crippen molar-refractivity contribution in [2.45, 2.75) is 111 Å². The summed E-state index contributed by atoms with van der Waals surface area (Å²) in [6.07, 6.45) is -21.8. The maximum Gasteiger partial charge on any atom is 0.187 e. The maximum atomic E-state index is 10.8. The Hall–Kier alpha value is -0.640. The molecule has 4 aliphatic rings. The molecule has 10 N–H and O–H groups in total. The van der Waals surface area contributed by atoms with Gasteiger partial charge in [0.2, 0.25) is 0 Å². The molecule has 4 rings (SSSR count). The van der Waals surface area contributed by atoms with Gasteiger partial charge in [0.15, 0.2) is 12.6 Å². The van der Waals surface area contributed by atoms with E-state index in [1.165, 1.54) is 0 Å². The summed E-state index contributed by atoms with van der Waals surface area (Å²) < 4.78 is 32.8. The van der Waals surface area contributed by atoms with Gasteiger partial charge in [-0.15, -0.1) is 0 Å². The fraction of sp³-hybridized carbons (Fsp3) is 1.00. The van der Waals surface area contributed by atoms with Crippen molar-refractivity contribution in [3.05, 3.63) is 0 Å². The highest BCUT2D eigenvalue weighted by atomic mass is 16.7. The molecule has 0 aromatic carbocycles. The predicted octanol–water partition coefficient (Wildman–Crippen LogP) is -6.34. The molecule has 38 heavy (non-hydrogen) atoms. The smallest absolute Gasteiger partial charge is 0.187 e. The molecule has 0 radical (unpaired) electrons. The molecule has 0 bridgehead atoms. The minimum absolute atomic E-state index is 0.0605. The molecule has 16 heteroatoms. The van der Waals surface area contributed by atoms with Crippen LogP contribution in [0.2, 0.25) is 0 Å². The van der Waals surface area contributed by atoms with Crippen molar-refractivity contribution in [2.24, 2.45) is 0 Å². The zero-order chi connectivity index (χ0) is 27.7. The summed E-state index contributed by atoms with van der Waals surface area (Å²) in [6.45, 7) is -1.52. The van der Waals surface area contributed by atoms with E-state index < -0.39 is 112 Å². The molecule has 0 aromatic heterocycles. The number of hydrogen-bond acceptors (Lipinski definition) is 16. The molecule has 16 atom stereocenters. The van der Waals surface area contributed by atoms with Gasteiger partial charge >= 0.3 is 0 Å². The molecule has 0 saturated carbocycles. The van der Waals surface area contributed by atoms with Crippen molar-refractivity contribution in [1.82, 2.24) is 0 Å². The molecule has 4 heterocycles. The van der Waals surface area contributed by atoms with Crippen LogP contribution in [-0.4, -0.2) is 176 Å². The van der Waals surface area contributed by atoms with E-state index in [4.69, 9.17) is 28.4 Å². The summed E-state index contributed by atoms with van der Waals surface area (Å²) >= 11 is 0. The van der Waals surface area contributed by atoms with Crippen LogP contribution in [0.1, 0.15) is 12.8 Å². The molecule has 0 aliphatic carbocycles. The Bertz CT molecular complexity index is 736. The summed E-state index contributed by atoms with van der Waals surface area (Å²) in [5.74, 6) is 0. The Morgan fingerprint density at radius 1 is 0.500 bits per heavy atom. The van der Waals surface area contributed by atoms with Crippen LogP contribution in [0, 0.1) is 0 Å². The van der Waals surface area contributed by atoms with Gasteiger partial charge in [-0.2, -0.15) is 0 Å². The third kappa shape index (κ3) is 6.31. The Kier molecular flexibility index (Phi) is 10.3. The van der Waals surface area contributed by atoms with Gasteiger partial charge in [0, 0.05) is 0 Å². The maximum absolute atomic E-state index is 10.8. The largest absolute Gasteiger partial charge is 0.394 e. The first-order chi connectivity index (χ1) is 18.1. The van der Waals surface area contributed by atoms with Gasteiger partial charge in [-0.3, -0.25) is 0 Å². The van der Waals surface area contributed by atoms with E-state index in [9.17, 15) is 51.1 Å². The van der Waals surface area contributed by atoms with Crippen LogP contribution >= 0.6 is 0 Å². The van der Waals surface area contributed by atoms with Crippen LogP contribution in [0.15, 0.2) is 0 Å². The summed E-state index contributed by atoms with van der Waals surface area (Å²) in [6, 6.07) is 0. The summed E-state index contributed by atoms with van der Waals surface area (Å²) in [4.78, 5) is 0. The van der Waals surface area contributed by atoms with Gasteiger partial charge in [0.05, 0.1) is 38.6 Å². The van der Waals surface area contributed by atoms with E-state index in [1.807, 2.05) is 0 Å². The number of aliphatic hydroxyl groups is 10. The Morgan fingerprint density at radius 3 is 1.47 bits per heavy atom. The topological polar surface area (TPSA) is 261 Å². The molecule has 222 valence electrons. The highest BCUT2D eigenvalue weighted by molar-refractivity contribution is 4.97. The van der Waals surface area contributed by atoms with Crippen LogP contribution in [-0.2, 0) is 28.4 Å². The van der Waals surface area contributed by atoms with Crippen molar-refractivity contribution in [3.63, 3.8) is 0 Å². The number of rotatable bonds is 10. The zero-order valence-electron chi connectivity index (χ0n) is 20.4. The number of aliphatic hydroxyl groups excluding tert-OH is 10. The summed E-state index contributed by atoms with van der Waals surface area (Å²) in [5, 5.41) is 102. The van der Waals surface area contributed by atoms with Crippen molar-refractivity contribution >= 4 is 0 Å². The lowest BCUT2D eigenvalue weighted by atomic mass is 9.92. The molecule has 0 aromatic rings. The molecule has 0 amide bonds. The highest BCUT2D eigenvalue weighted by Gasteiger charge is 2.53. The Balaban J connectivity index is 1.41. The van der Waals surface area contributed by atoms with Crippen LogP contribution < -0.4 is 0 Å². The molecule has 4 aliphatic heterocycles. The van der Waals surface area contributed by atoms with E-state index in [-0.39, 0.29) is 6.10 Å². The molecule has 1 unspecified atom stereocenters. The molecular weight excluding hydrogens is 520 g/mol. The number of epoxide rings is 1. The van der Waals surface area contributed by atoms with Gasteiger partial charge in [-0.25, -0.2) is 0 Å². The van der Waals surface area contributed by atoms with E-state index >= 15 is 0 Å². The second kappa shape index (κ2) is 12.9. The van der Waals surface area contributed by atoms with Gasteiger partial charge < -0.3 is 79.5 Å². The summed E-state index contributed by atoms with van der Waals surface area (Å²) in [7, 11) is 0. The minimum atomic E-state index is -1.86. The zero-order valence-corrected chi connectivity index (χ0v) is 20.4. The van der Waals surface area contributed by atoms with Crippen molar-refractivity contribution in [3.8, 4) is 0 Å². The minimum Gasteiger partial charge on any atom is -0.394 e. The molecule has 4 fully saturated rings. The van der Waals surface area contributed by atoms with E-state index in [0.717, 1.165) is 0 Å². The lowest BCUT2D eigenvalue weighted by Crippen LogP contribution is -2.66. The fourth-order valence-corrected chi connectivity index (χ4v) is 4.98. The van der Waals surface area contributed by atoms with Crippen LogP contribution in [0.4, 0.5) is 0 Å². The monoisotopic (exact) mass is 558 g/mol. The van der Waals surface area contributed by atoms with E-state index in [2.05, 4.69) is 0 Å². The van der Waals surface area contributed by atoms with E-state index in [0.29, 0.717) is 19.4 Å². The Morgan fingerprint density at radius 2 is 0.947 bits per heavy atom. The fourth-order valence-electron chi connectivity index (χ4n) is 4.98. The number of hydrogen-bond donors (Lipinski definition) is 10. The van der Waals surface area contributed by atoms with Crippen molar-refractivity contribution < 1.29 is 79.5 Å². The van der Waals surface area contributed by atoms with E-state index in [1.54, 1.807) is 0 Å². The quantitative estimate of drug-likeness (QED) is 0.112. The molecule has 16 nitrogen and oxygen atoms in total. The molecular formula is C22H38O16. The number of ether oxygens (including phenoxy) is 6. The second-order valence-electron chi connectivity index (χ2n) is 10.0. The van der Waals surface area contributed by atoms with Crippen LogP contribution in [0.5, 0.6) is 0 Å². The predicted molar refractivity (Wildman–Crippen MR) is 118 cm³/mol. The first kappa shape index (κ1) is 30.3. The van der Waals surface area contributed by atoms with Crippen molar-refractivity contribution in [1.29, 1.82) is 0 Å². The highest BCUT2D eigenvalue weighted by Crippen LogP contribution is 2.33. The van der Waals surface area contributed by atoms with Crippen molar-refractivity contribution in [2.75, 3.05) is 26.4 Å². The Labute approximate surface area is 217 Å². The SMILES string of the molecule is OC[C@H]1O[C@@H](O[C@H]2[C@H](O)[C@@H](O)[C@H](O[C@H]3[C@H](O)[C@@H](O)[C@H](CCC4CO4)O[C@@H]3CO)O[C@@H]2CO)[C@H](O)[C@@H](O)[C@H]1O. The third-order valence-electron chi connectivity index (χ3n) is 7.39. The van der Waals surface area contributed by atoms with Gasteiger partial charge in [-0.1, -0.05) is 0 Å². The first-order valence-corrected chi connectivity index (χ1v) is 12.6. The average molecular weight is 559 g/mol. The van der Waals surface area contributed by atoms with Gasteiger partial charge in [0.25, 0.3) is 0 Å². The van der Waals surface area contributed by atoms with Crippen LogP contribution in [0.25, 0.3) is 0 Å². The van der Waals surface area contributed by atoms with Gasteiger partial charge in [0.1, 0.15) is 73.2 Å². The second-order valence-corrected chi connectivity index (χ2v) is 10.0.